The Morgan fingerprint density at radius 2 is 1.75 bits per heavy atom. The second-order valence-electron chi connectivity index (χ2n) is 6.37. The van der Waals surface area contributed by atoms with Gasteiger partial charge in [-0.15, -0.1) is 0 Å². The van der Waals surface area contributed by atoms with E-state index in [9.17, 15) is 18.0 Å². The molecule has 7 nitrogen and oxygen atoms in total. The van der Waals surface area contributed by atoms with E-state index >= 15 is 0 Å². The van der Waals surface area contributed by atoms with Crippen LogP contribution in [0.3, 0.4) is 0 Å². The fourth-order valence-corrected chi connectivity index (χ4v) is 3.87. The van der Waals surface area contributed by atoms with Crippen LogP contribution in [0.4, 0.5) is 5.69 Å². The molecule has 0 saturated heterocycles. The van der Waals surface area contributed by atoms with Gasteiger partial charge >= 0.3 is 0 Å². The molecule has 2 amide bonds. The van der Waals surface area contributed by atoms with Crippen molar-refractivity contribution in [1.82, 2.24) is 9.62 Å². The molecule has 3 rings (SSSR count). The van der Waals surface area contributed by atoms with Crippen LogP contribution in [0.25, 0.3) is 6.08 Å². The molecule has 0 spiro atoms. The molecule has 0 radical (unpaired) electrons. The molecule has 8 heteroatoms. The van der Waals surface area contributed by atoms with E-state index in [4.69, 9.17) is 0 Å². The third kappa shape index (κ3) is 4.13. The zero-order valence-corrected chi connectivity index (χ0v) is 16.4. The first-order chi connectivity index (χ1) is 13.3. The summed E-state index contributed by atoms with van der Waals surface area (Å²) in [5, 5.41) is 2.76. The predicted octanol–water partition coefficient (Wildman–Crippen LogP) is 2.50. The van der Waals surface area contributed by atoms with Gasteiger partial charge < -0.3 is 10.2 Å². The van der Waals surface area contributed by atoms with Gasteiger partial charge in [0, 0.05) is 18.8 Å². The lowest BCUT2D eigenvalue weighted by Gasteiger charge is -2.32. The highest BCUT2D eigenvalue weighted by Crippen LogP contribution is 2.33. The summed E-state index contributed by atoms with van der Waals surface area (Å²) in [6.45, 7) is 1.46. The summed E-state index contributed by atoms with van der Waals surface area (Å²) in [7, 11) is -2.20. The van der Waals surface area contributed by atoms with Crippen molar-refractivity contribution in [3.63, 3.8) is 0 Å². The molecule has 0 unspecified atom stereocenters. The molecule has 1 aliphatic heterocycles. The lowest BCUT2D eigenvalue weighted by molar-refractivity contribution is -0.129. The van der Waals surface area contributed by atoms with Gasteiger partial charge in [-0.1, -0.05) is 24.3 Å². The fourth-order valence-electron chi connectivity index (χ4n) is 3.14. The average molecular weight is 399 g/mol. The number of carbonyl (C=O) groups is 2. The summed E-state index contributed by atoms with van der Waals surface area (Å²) in [5.74, 6) is -0.421. The molecule has 1 aliphatic rings. The molecule has 0 aliphatic carbocycles. The predicted molar refractivity (Wildman–Crippen MR) is 107 cm³/mol. The molecule has 0 bridgehead atoms. The maximum absolute atomic E-state index is 12.6. The van der Waals surface area contributed by atoms with E-state index in [-0.39, 0.29) is 23.1 Å². The first-order valence-electron chi connectivity index (χ1n) is 8.71. The van der Waals surface area contributed by atoms with E-state index in [0.717, 1.165) is 11.1 Å². The number of hydrogen-bond donors (Lipinski definition) is 2. The number of carbonyl (C=O) groups excluding carboxylic acids is 2. The van der Waals surface area contributed by atoms with E-state index < -0.39 is 16.1 Å². The van der Waals surface area contributed by atoms with Gasteiger partial charge in [0.05, 0.1) is 17.4 Å². The normalized spacial score (nSPS) is 15.8. The van der Waals surface area contributed by atoms with Gasteiger partial charge in [-0.3, -0.25) is 9.59 Å². The Bertz CT molecular complexity index is 1030. The summed E-state index contributed by atoms with van der Waals surface area (Å²) < 4.78 is 25.8. The smallest absolute Gasteiger partial charge is 0.240 e. The number of anilines is 1. The van der Waals surface area contributed by atoms with Crippen LogP contribution in [0.2, 0.25) is 0 Å². The van der Waals surface area contributed by atoms with Crippen molar-refractivity contribution in [2.75, 3.05) is 12.4 Å². The number of amides is 2. The summed E-state index contributed by atoms with van der Waals surface area (Å²) in [6, 6.07) is 13.1. The van der Waals surface area contributed by atoms with Crippen LogP contribution in [-0.4, -0.2) is 32.2 Å². The number of fused-ring (bicyclic) bond motifs is 1. The van der Waals surface area contributed by atoms with E-state index in [1.165, 1.54) is 38.2 Å². The van der Waals surface area contributed by atoms with Gasteiger partial charge in [0.15, 0.2) is 0 Å². The Labute approximate surface area is 164 Å². The van der Waals surface area contributed by atoms with E-state index in [2.05, 4.69) is 10.0 Å². The molecule has 1 heterocycles. The largest absolute Gasteiger partial charge is 0.326 e. The average Bonchev–Trinajstić information content (AvgIpc) is 2.68. The number of sulfonamides is 1. The van der Waals surface area contributed by atoms with E-state index in [1.807, 2.05) is 30.3 Å². The highest BCUT2D eigenvalue weighted by atomic mass is 32.2. The zero-order valence-electron chi connectivity index (χ0n) is 15.5. The van der Waals surface area contributed by atoms with Gasteiger partial charge in [0.2, 0.25) is 21.8 Å². The quantitative estimate of drug-likeness (QED) is 0.807. The number of benzene rings is 2. The number of hydrogen-bond acceptors (Lipinski definition) is 4. The van der Waals surface area contributed by atoms with Crippen LogP contribution in [0.15, 0.2) is 59.6 Å². The van der Waals surface area contributed by atoms with Crippen LogP contribution in [0, 0.1) is 0 Å². The van der Waals surface area contributed by atoms with Crippen molar-refractivity contribution < 1.29 is 18.0 Å². The lowest BCUT2D eigenvalue weighted by Crippen LogP contribution is -2.33. The van der Waals surface area contributed by atoms with Crippen molar-refractivity contribution in [3.05, 3.63) is 65.9 Å². The van der Waals surface area contributed by atoms with E-state index in [0.29, 0.717) is 5.69 Å². The number of nitrogens with one attached hydrogen (secondary N) is 2. The van der Waals surface area contributed by atoms with Crippen molar-refractivity contribution in [3.8, 4) is 0 Å². The molecule has 28 heavy (non-hydrogen) atoms. The molecule has 2 aromatic rings. The molecule has 0 fully saturated rings. The molecule has 146 valence electrons. The van der Waals surface area contributed by atoms with Crippen molar-refractivity contribution >= 4 is 33.6 Å². The molecular weight excluding hydrogens is 378 g/mol. The lowest BCUT2D eigenvalue weighted by atomic mass is 9.93. The Morgan fingerprint density at radius 1 is 1.07 bits per heavy atom. The monoisotopic (exact) mass is 399 g/mol. The SMILES string of the molecule is CNS(=O)(=O)c1ccc(NC(=O)C[C@H]2c3ccccc3C=CN2C(C)=O)cc1. The Morgan fingerprint density at radius 3 is 2.39 bits per heavy atom. The minimum Gasteiger partial charge on any atom is -0.326 e. The van der Waals surface area contributed by atoms with Crippen LogP contribution in [0.1, 0.15) is 30.5 Å². The number of rotatable bonds is 5. The van der Waals surface area contributed by atoms with Gasteiger partial charge in [0.25, 0.3) is 0 Å². The summed E-state index contributed by atoms with van der Waals surface area (Å²) in [5.41, 5.74) is 2.36. The van der Waals surface area contributed by atoms with Crippen LogP contribution in [0.5, 0.6) is 0 Å². The number of nitrogens with zero attached hydrogens (tertiary/aromatic N) is 1. The Balaban J connectivity index is 1.76. The maximum Gasteiger partial charge on any atom is 0.240 e. The Hall–Kier alpha value is -2.97. The van der Waals surface area contributed by atoms with E-state index in [1.54, 1.807) is 11.1 Å². The van der Waals surface area contributed by atoms with Gasteiger partial charge in [-0.2, -0.15) is 0 Å². The third-order valence-corrected chi connectivity index (χ3v) is 6.00. The van der Waals surface area contributed by atoms with Crippen molar-refractivity contribution in [1.29, 1.82) is 0 Å². The summed E-state index contributed by atoms with van der Waals surface area (Å²) >= 11 is 0. The van der Waals surface area contributed by atoms with Gasteiger partial charge in [0.1, 0.15) is 0 Å². The zero-order chi connectivity index (χ0) is 20.3. The minimum atomic E-state index is -3.53. The standard InChI is InChI=1S/C20H21N3O4S/c1-14(24)23-12-11-15-5-3-4-6-18(15)19(23)13-20(25)22-16-7-9-17(10-8-16)28(26,27)21-2/h3-12,19,21H,13H2,1-2H3,(H,22,25)/t19-/m0/s1. The molecule has 1 atom stereocenters. The topological polar surface area (TPSA) is 95.6 Å². The minimum absolute atomic E-state index is 0.0809. The molecule has 0 aromatic heterocycles. The van der Waals surface area contributed by atoms with Crippen molar-refractivity contribution in [2.24, 2.45) is 0 Å². The van der Waals surface area contributed by atoms with Crippen LogP contribution < -0.4 is 10.0 Å². The molecular formula is C20H21N3O4S. The fraction of sp³-hybridized carbons (Fsp3) is 0.200. The molecule has 2 aromatic carbocycles. The van der Waals surface area contributed by atoms with Crippen molar-refractivity contribution in [2.45, 2.75) is 24.3 Å². The first-order valence-corrected chi connectivity index (χ1v) is 10.2. The maximum atomic E-state index is 12.6. The molecule has 0 saturated carbocycles. The highest BCUT2D eigenvalue weighted by Gasteiger charge is 2.28. The second kappa shape index (κ2) is 7.95. The van der Waals surface area contributed by atoms with Gasteiger partial charge in [-0.25, -0.2) is 13.1 Å². The van der Waals surface area contributed by atoms with Gasteiger partial charge in [-0.05, 0) is 48.5 Å². The van der Waals surface area contributed by atoms with Crippen LogP contribution in [-0.2, 0) is 19.6 Å². The summed E-state index contributed by atoms with van der Waals surface area (Å²) in [4.78, 5) is 26.3. The second-order valence-corrected chi connectivity index (χ2v) is 8.26. The summed E-state index contributed by atoms with van der Waals surface area (Å²) in [6.07, 6.45) is 3.63. The third-order valence-electron chi connectivity index (χ3n) is 4.56. The molecule has 2 N–H and O–H groups in total. The first kappa shape index (κ1) is 19.8. The highest BCUT2D eigenvalue weighted by molar-refractivity contribution is 7.89. The Kier molecular flexibility index (Phi) is 5.62. The van der Waals surface area contributed by atoms with Crippen LogP contribution >= 0.6 is 0 Å².